The predicted octanol–water partition coefficient (Wildman–Crippen LogP) is 1.52. The Bertz CT molecular complexity index is 397. The molecule has 1 rings (SSSR count). The summed E-state index contributed by atoms with van der Waals surface area (Å²) >= 11 is 1.50. The first-order valence-electron chi connectivity index (χ1n) is 5.90. The molecule has 5 heteroatoms. The zero-order chi connectivity index (χ0) is 13.4. The molecule has 0 aliphatic carbocycles. The maximum atomic E-state index is 10.7. The molecule has 0 aliphatic heterocycles. The van der Waals surface area contributed by atoms with Crippen molar-refractivity contribution in [3.63, 3.8) is 0 Å². The van der Waals surface area contributed by atoms with E-state index in [1.54, 1.807) is 7.11 Å². The Morgan fingerprint density at radius 3 is 2.89 bits per heavy atom. The van der Waals surface area contributed by atoms with Crippen molar-refractivity contribution in [2.45, 2.75) is 19.2 Å². The summed E-state index contributed by atoms with van der Waals surface area (Å²) in [6, 6.07) is 6.12. The van der Waals surface area contributed by atoms with E-state index in [2.05, 4.69) is 18.3 Å². The van der Waals surface area contributed by atoms with Crippen molar-refractivity contribution in [1.82, 2.24) is 5.32 Å². The van der Waals surface area contributed by atoms with Gasteiger partial charge in [0.1, 0.15) is 5.75 Å². The smallest absolute Gasteiger partial charge is 0.227 e. The second-order valence-corrected chi connectivity index (χ2v) is 4.87. The molecule has 0 saturated heterocycles. The van der Waals surface area contributed by atoms with E-state index in [1.807, 2.05) is 12.1 Å². The summed E-state index contributed by atoms with van der Waals surface area (Å²) in [5.41, 5.74) is 7.43. The highest BCUT2D eigenvalue weighted by atomic mass is 32.2. The zero-order valence-corrected chi connectivity index (χ0v) is 11.7. The van der Waals surface area contributed by atoms with Gasteiger partial charge in [-0.25, -0.2) is 0 Å². The highest BCUT2D eigenvalue weighted by Crippen LogP contribution is 2.24. The number of primary amides is 1. The lowest BCUT2D eigenvalue weighted by molar-refractivity contribution is -0.115. The molecule has 0 aromatic heterocycles. The van der Waals surface area contributed by atoms with Gasteiger partial charge in [-0.2, -0.15) is 0 Å². The number of nitrogens with one attached hydrogen (secondary N) is 1. The fourth-order valence-electron chi connectivity index (χ4n) is 1.59. The summed E-state index contributed by atoms with van der Waals surface area (Å²) in [4.78, 5) is 10.7. The molecule has 1 amide bonds. The van der Waals surface area contributed by atoms with Crippen LogP contribution in [0.5, 0.6) is 5.75 Å². The second kappa shape index (κ2) is 8.00. The summed E-state index contributed by atoms with van der Waals surface area (Å²) in [5, 5.41) is 3.28. The van der Waals surface area contributed by atoms with Gasteiger partial charge in [-0.05, 0) is 24.2 Å². The van der Waals surface area contributed by atoms with E-state index in [0.29, 0.717) is 5.75 Å². The van der Waals surface area contributed by atoms with Gasteiger partial charge in [0.25, 0.3) is 0 Å². The minimum absolute atomic E-state index is 0.289. The summed E-state index contributed by atoms with van der Waals surface area (Å²) < 4.78 is 5.31. The molecule has 4 nitrogen and oxygen atoms in total. The normalized spacial score (nSPS) is 10.3. The molecule has 0 atom stereocenters. The number of nitrogens with two attached hydrogens (primary N) is 1. The molecule has 1 aromatic carbocycles. The van der Waals surface area contributed by atoms with Gasteiger partial charge in [-0.15, -0.1) is 11.8 Å². The lowest BCUT2D eigenvalue weighted by Gasteiger charge is -2.10. The van der Waals surface area contributed by atoms with Gasteiger partial charge in [-0.1, -0.05) is 13.0 Å². The van der Waals surface area contributed by atoms with Gasteiger partial charge in [0.15, 0.2) is 0 Å². The minimum atomic E-state index is -0.289. The van der Waals surface area contributed by atoms with E-state index in [4.69, 9.17) is 10.5 Å². The predicted molar refractivity (Wildman–Crippen MR) is 75.7 cm³/mol. The first-order valence-corrected chi connectivity index (χ1v) is 7.05. The summed E-state index contributed by atoms with van der Waals surface area (Å²) in [5.74, 6) is 1.63. The summed E-state index contributed by atoms with van der Waals surface area (Å²) in [6.07, 6.45) is 0. The van der Waals surface area contributed by atoms with Crippen LogP contribution in [0.15, 0.2) is 18.2 Å². The lowest BCUT2D eigenvalue weighted by atomic mass is 10.1. The topological polar surface area (TPSA) is 64.3 Å². The quantitative estimate of drug-likeness (QED) is 0.750. The number of ether oxygens (including phenoxy) is 1. The van der Waals surface area contributed by atoms with Gasteiger partial charge in [0.2, 0.25) is 5.91 Å². The van der Waals surface area contributed by atoms with Gasteiger partial charge >= 0.3 is 0 Å². The Morgan fingerprint density at radius 2 is 2.28 bits per heavy atom. The summed E-state index contributed by atoms with van der Waals surface area (Å²) in [6.45, 7) is 3.86. The number of carbonyl (C=O) groups excluding carboxylic acids is 1. The third-order valence-corrected chi connectivity index (χ3v) is 3.43. The van der Waals surface area contributed by atoms with E-state index in [-0.39, 0.29) is 5.91 Å². The number of rotatable bonds is 8. The Labute approximate surface area is 112 Å². The molecule has 0 saturated carbocycles. The van der Waals surface area contributed by atoms with Crippen molar-refractivity contribution in [3.8, 4) is 5.75 Å². The maximum Gasteiger partial charge on any atom is 0.227 e. The number of amides is 1. The molecule has 3 N–H and O–H groups in total. The number of thioether (sulfide) groups is 1. The van der Waals surface area contributed by atoms with Crippen LogP contribution in [0.3, 0.4) is 0 Å². The number of hydrogen-bond donors (Lipinski definition) is 2. The molecule has 0 bridgehead atoms. The Hall–Kier alpha value is -1.20. The third kappa shape index (κ3) is 4.98. The fraction of sp³-hybridized carbons (Fsp3) is 0.462. The van der Waals surface area contributed by atoms with Gasteiger partial charge in [-0.3, -0.25) is 4.79 Å². The van der Waals surface area contributed by atoms with Crippen molar-refractivity contribution in [2.24, 2.45) is 5.73 Å². The van der Waals surface area contributed by atoms with Crippen LogP contribution >= 0.6 is 11.8 Å². The van der Waals surface area contributed by atoms with Crippen LogP contribution < -0.4 is 15.8 Å². The molecular formula is C13H20N2O2S. The Kier molecular flexibility index (Phi) is 6.60. The summed E-state index contributed by atoms with van der Waals surface area (Å²) in [7, 11) is 1.65. The molecule has 0 fully saturated rings. The van der Waals surface area contributed by atoms with Crippen molar-refractivity contribution in [2.75, 3.05) is 19.4 Å². The highest BCUT2D eigenvalue weighted by molar-refractivity contribution is 7.99. The monoisotopic (exact) mass is 268 g/mol. The van der Waals surface area contributed by atoms with E-state index in [9.17, 15) is 4.79 Å². The molecular weight excluding hydrogens is 248 g/mol. The molecule has 0 spiro atoms. The van der Waals surface area contributed by atoms with Gasteiger partial charge in [0, 0.05) is 17.9 Å². The lowest BCUT2D eigenvalue weighted by Crippen LogP contribution is -2.13. The Balaban J connectivity index is 2.68. The fourth-order valence-corrected chi connectivity index (χ4v) is 2.33. The molecule has 0 heterocycles. The average Bonchev–Trinajstić information content (AvgIpc) is 2.36. The van der Waals surface area contributed by atoms with Crippen LogP contribution in [-0.2, 0) is 17.1 Å². The van der Waals surface area contributed by atoms with E-state index >= 15 is 0 Å². The largest absolute Gasteiger partial charge is 0.496 e. The molecule has 0 aliphatic rings. The van der Waals surface area contributed by atoms with Crippen LogP contribution in [0, 0.1) is 0 Å². The zero-order valence-electron chi connectivity index (χ0n) is 10.9. The van der Waals surface area contributed by atoms with E-state index in [0.717, 1.165) is 30.2 Å². The highest BCUT2D eigenvalue weighted by Gasteiger charge is 2.05. The average molecular weight is 268 g/mol. The molecule has 1 aromatic rings. The number of hydrogen-bond acceptors (Lipinski definition) is 4. The van der Waals surface area contributed by atoms with Crippen molar-refractivity contribution in [1.29, 1.82) is 0 Å². The van der Waals surface area contributed by atoms with Crippen molar-refractivity contribution >= 4 is 17.7 Å². The number of benzene rings is 1. The van der Waals surface area contributed by atoms with Crippen LogP contribution in [0.2, 0.25) is 0 Å². The molecule has 0 unspecified atom stereocenters. The van der Waals surface area contributed by atoms with Crippen LogP contribution in [0.25, 0.3) is 0 Å². The van der Waals surface area contributed by atoms with E-state index < -0.39 is 0 Å². The van der Waals surface area contributed by atoms with Crippen LogP contribution in [0.4, 0.5) is 0 Å². The van der Waals surface area contributed by atoms with Gasteiger partial charge in [0.05, 0.1) is 12.9 Å². The molecule has 100 valence electrons. The molecule has 18 heavy (non-hydrogen) atoms. The third-order valence-electron chi connectivity index (χ3n) is 2.43. The van der Waals surface area contributed by atoms with Crippen LogP contribution in [0.1, 0.15) is 18.1 Å². The first-order chi connectivity index (χ1) is 8.67. The number of methoxy groups -OCH3 is 1. The Morgan fingerprint density at radius 1 is 1.50 bits per heavy atom. The van der Waals surface area contributed by atoms with E-state index in [1.165, 1.54) is 17.3 Å². The van der Waals surface area contributed by atoms with Crippen molar-refractivity contribution < 1.29 is 9.53 Å². The van der Waals surface area contributed by atoms with Crippen molar-refractivity contribution in [3.05, 3.63) is 29.3 Å². The SMILES string of the molecule is CCNCc1ccc(OC)c(CSCC(N)=O)c1. The second-order valence-electron chi connectivity index (χ2n) is 3.89. The first kappa shape index (κ1) is 14.9. The van der Waals surface area contributed by atoms with Crippen LogP contribution in [-0.4, -0.2) is 25.3 Å². The maximum absolute atomic E-state index is 10.7. The molecule has 0 radical (unpaired) electrons. The number of carbonyl (C=O) groups is 1. The minimum Gasteiger partial charge on any atom is -0.496 e. The van der Waals surface area contributed by atoms with Gasteiger partial charge < -0.3 is 15.8 Å². The standard InChI is InChI=1S/C13H20N2O2S/c1-3-15-7-10-4-5-12(17-2)11(6-10)8-18-9-13(14)16/h4-6,15H,3,7-9H2,1-2H3,(H2,14,16).